The fourth-order valence-electron chi connectivity index (χ4n) is 4.56. The minimum atomic E-state index is -0.954. The van der Waals surface area contributed by atoms with E-state index in [0.29, 0.717) is 45.0 Å². The van der Waals surface area contributed by atoms with Crippen LogP contribution in [0.3, 0.4) is 0 Å². The molecule has 2 aromatic rings. The number of carbonyl (C=O) groups excluding carboxylic acids is 2. The Labute approximate surface area is 215 Å². The Morgan fingerprint density at radius 3 is 2.32 bits per heavy atom. The zero-order valence-corrected chi connectivity index (χ0v) is 21.3. The first-order valence-electron chi connectivity index (χ1n) is 12.5. The SMILES string of the molecule is CC(C)(N)C(=O)N1CCN(C(=O)Nc2ccn(-c3ccc(CN4CC[C@@H](N)[C@@H](O)C4)cc3)c(=O)n2)CC1. The minimum absolute atomic E-state index is 0.152. The Balaban J connectivity index is 1.32. The molecule has 0 bridgehead atoms. The molecule has 6 N–H and O–H groups in total. The molecular weight excluding hydrogens is 476 g/mol. The second-order valence-electron chi connectivity index (χ2n) is 10.3. The number of carbonyl (C=O) groups is 2. The lowest BCUT2D eigenvalue weighted by Crippen LogP contribution is -2.58. The molecule has 3 heterocycles. The lowest BCUT2D eigenvalue weighted by molar-refractivity contribution is -0.137. The number of rotatable bonds is 5. The van der Waals surface area contributed by atoms with E-state index in [-0.39, 0.29) is 23.8 Å². The van der Waals surface area contributed by atoms with Crippen LogP contribution in [0.5, 0.6) is 0 Å². The quantitative estimate of drug-likeness (QED) is 0.418. The number of hydrogen-bond acceptors (Lipinski definition) is 8. The third-order valence-electron chi connectivity index (χ3n) is 6.78. The van der Waals surface area contributed by atoms with Crippen LogP contribution in [-0.2, 0) is 11.3 Å². The molecule has 1 aromatic heterocycles. The second-order valence-corrected chi connectivity index (χ2v) is 10.3. The maximum Gasteiger partial charge on any atom is 0.354 e. The summed E-state index contributed by atoms with van der Waals surface area (Å²) in [7, 11) is 0. The van der Waals surface area contributed by atoms with Gasteiger partial charge in [-0.2, -0.15) is 4.98 Å². The van der Waals surface area contributed by atoms with Crippen molar-refractivity contribution >= 4 is 17.8 Å². The number of likely N-dealkylation sites (tertiary alicyclic amines) is 1. The molecule has 2 fully saturated rings. The van der Waals surface area contributed by atoms with Gasteiger partial charge in [-0.15, -0.1) is 0 Å². The number of piperazine rings is 1. The van der Waals surface area contributed by atoms with Crippen molar-refractivity contribution in [1.82, 2.24) is 24.3 Å². The van der Waals surface area contributed by atoms with Gasteiger partial charge in [-0.1, -0.05) is 12.1 Å². The molecule has 4 rings (SSSR count). The summed E-state index contributed by atoms with van der Waals surface area (Å²) in [4.78, 5) is 47.0. The Bertz CT molecular complexity index is 1170. The van der Waals surface area contributed by atoms with Gasteiger partial charge >= 0.3 is 11.7 Å². The zero-order valence-electron chi connectivity index (χ0n) is 21.3. The van der Waals surface area contributed by atoms with Gasteiger partial charge in [0, 0.05) is 58.1 Å². The summed E-state index contributed by atoms with van der Waals surface area (Å²) in [5.74, 6) is 0.00669. The molecule has 0 aliphatic carbocycles. The van der Waals surface area contributed by atoms with Gasteiger partial charge in [0.15, 0.2) is 0 Å². The number of aliphatic hydroxyl groups excluding tert-OH is 1. The maximum atomic E-state index is 12.7. The van der Waals surface area contributed by atoms with Crippen molar-refractivity contribution in [2.45, 2.75) is 44.5 Å². The van der Waals surface area contributed by atoms with E-state index in [1.807, 2.05) is 24.3 Å². The average Bonchev–Trinajstić information content (AvgIpc) is 2.86. The predicted molar refractivity (Wildman–Crippen MR) is 139 cm³/mol. The summed E-state index contributed by atoms with van der Waals surface area (Å²) in [5, 5.41) is 12.7. The molecule has 12 heteroatoms. The smallest absolute Gasteiger partial charge is 0.354 e. The fourth-order valence-corrected chi connectivity index (χ4v) is 4.56. The molecule has 2 atom stereocenters. The Hall–Kier alpha value is -3.32. The molecule has 0 saturated carbocycles. The number of piperidine rings is 1. The molecule has 0 radical (unpaired) electrons. The van der Waals surface area contributed by atoms with Crippen LogP contribution in [0.2, 0.25) is 0 Å². The molecule has 3 amide bonds. The number of nitrogens with one attached hydrogen (secondary N) is 1. The van der Waals surface area contributed by atoms with E-state index in [4.69, 9.17) is 11.5 Å². The van der Waals surface area contributed by atoms with Crippen LogP contribution in [0, 0.1) is 0 Å². The fraction of sp³-hybridized carbons (Fsp3) is 0.520. The van der Waals surface area contributed by atoms with Crippen molar-refractivity contribution in [3.63, 3.8) is 0 Å². The van der Waals surface area contributed by atoms with E-state index in [1.54, 1.807) is 35.9 Å². The first-order valence-corrected chi connectivity index (χ1v) is 12.5. The summed E-state index contributed by atoms with van der Waals surface area (Å²) >= 11 is 0. The molecule has 0 unspecified atom stereocenters. The van der Waals surface area contributed by atoms with Crippen molar-refractivity contribution in [3.05, 3.63) is 52.6 Å². The van der Waals surface area contributed by atoms with Crippen LogP contribution >= 0.6 is 0 Å². The zero-order chi connectivity index (χ0) is 26.7. The first-order chi connectivity index (χ1) is 17.5. The number of aromatic nitrogens is 2. The third-order valence-corrected chi connectivity index (χ3v) is 6.78. The Morgan fingerprint density at radius 2 is 1.73 bits per heavy atom. The van der Waals surface area contributed by atoms with Crippen molar-refractivity contribution in [2.75, 3.05) is 44.6 Å². The molecule has 12 nitrogen and oxygen atoms in total. The van der Waals surface area contributed by atoms with Crippen LogP contribution in [0.4, 0.5) is 10.6 Å². The molecule has 200 valence electrons. The van der Waals surface area contributed by atoms with Crippen molar-refractivity contribution in [3.8, 4) is 5.69 Å². The lowest BCUT2D eigenvalue weighted by Gasteiger charge is -2.37. The highest BCUT2D eigenvalue weighted by Crippen LogP contribution is 2.16. The van der Waals surface area contributed by atoms with Crippen molar-refractivity contribution in [2.24, 2.45) is 11.5 Å². The number of amides is 3. The van der Waals surface area contributed by atoms with E-state index in [9.17, 15) is 19.5 Å². The van der Waals surface area contributed by atoms with E-state index < -0.39 is 17.3 Å². The van der Waals surface area contributed by atoms with E-state index >= 15 is 0 Å². The molecule has 1 aromatic carbocycles. The largest absolute Gasteiger partial charge is 0.390 e. The van der Waals surface area contributed by atoms with Crippen LogP contribution in [-0.4, -0.2) is 98.2 Å². The number of aliphatic hydroxyl groups is 1. The second kappa shape index (κ2) is 11.0. The summed E-state index contributed by atoms with van der Waals surface area (Å²) in [6, 6.07) is 8.58. The summed E-state index contributed by atoms with van der Waals surface area (Å²) in [6.45, 7) is 6.89. The van der Waals surface area contributed by atoms with Crippen LogP contribution < -0.4 is 22.5 Å². The minimum Gasteiger partial charge on any atom is -0.390 e. The van der Waals surface area contributed by atoms with Gasteiger partial charge in [-0.25, -0.2) is 9.59 Å². The predicted octanol–water partition coefficient (Wildman–Crippen LogP) is -0.460. The lowest BCUT2D eigenvalue weighted by atomic mass is 10.0. The monoisotopic (exact) mass is 512 g/mol. The third kappa shape index (κ3) is 6.52. The summed E-state index contributed by atoms with van der Waals surface area (Å²) < 4.78 is 1.40. The number of urea groups is 1. The van der Waals surface area contributed by atoms with Crippen LogP contribution in [0.15, 0.2) is 41.3 Å². The van der Waals surface area contributed by atoms with Gasteiger partial charge in [0.1, 0.15) is 5.82 Å². The first kappa shape index (κ1) is 26.7. The normalized spacial score (nSPS) is 21.1. The van der Waals surface area contributed by atoms with Gasteiger partial charge < -0.3 is 26.4 Å². The molecule has 37 heavy (non-hydrogen) atoms. The van der Waals surface area contributed by atoms with Gasteiger partial charge in [0.25, 0.3) is 0 Å². The number of β-amino-alcohol motifs (C(OH)–C–C–N with tert-alkyl or cyclic N) is 1. The molecule has 2 aliphatic heterocycles. The number of benzene rings is 1. The van der Waals surface area contributed by atoms with E-state index in [1.165, 1.54) is 4.57 Å². The Kier molecular flexibility index (Phi) is 7.93. The topological polar surface area (TPSA) is 163 Å². The van der Waals surface area contributed by atoms with Crippen LogP contribution in [0.1, 0.15) is 25.8 Å². The Morgan fingerprint density at radius 1 is 1.08 bits per heavy atom. The van der Waals surface area contributed by atoms with Gasteiger partial charge in [-0.05, 0) is 44.0 Å². The molecule has 2 aliphatic rings. The van der Waals surface area contributed by atoms with E-state index in [2.05, 4.69) is 15.2 Å². The van der Waals surface area contributed by atoms with Gasteiger partial charge in [0.2, 0.25) is 5.91 Å². The molecule has 2 saturated heterocycles. The number of nitrogens with zero attached hydrogens (tertiary/aromatic N) is 5. The highest BCUT2D eigenvalue weighted by molar-refractivity contribution is 5.89. The standard InChI is InChI=1S/C25H36N8O4/c1-25(2,27)22(35)31-11-13-32(14-12-31)23(36)28-21-8-10-33(24(37)29-21)18-5-3-17(4-6-18)15-30-9-7-19(26)20(34)16-30/h3-6,8,10,19-20,34H,7,9,11-16,26-27H2,1-2H3,(H,28,29,36,37)/t19-,20+/m1/s1. The number of nitrogens with two attached hydrogens (primary N) is 2. The molecular formula is C25H36N8O4. The van der Waals surface area contributed by atoms with Crippen LogP contribution in [0.25, 0.3) is 5.69 Å². The van der Waals surface area contributed by atoms with E-state index in [0.717, 1.165) is 18.5 Å². The number of hydrogen-bond donors (Lipinski definition) is 4. The highest BCUT2D eigenvalue weighted by atomic mass is 16.3. The number of anilines is 1. The highest BCUT2D eigenvalue weighted by Gasteiger charge is 2.31. The van der Waals surface area contributed by atoms with Crippen molar-refractivity contribution in [1.29, 1.82) is 0 Å². The average molecular weight is 513 g/mol. The van der Waals surface area contributed by atoms with Crippen molar-refractivity contribution < 1.29 is 14.7 Å². The van der Waals surface area contributed by atoms with Gasteiger partial charge in [0.05, 0.1) is 17.3 Å². The molecule has 0 spiro atoms. The maximum absolute atomic E-state index is 12.7. The van der Waals surface area contributed by atoms with Gasteiger partial charge in [-0.3, -0.25) is 19.6 Å². The summed E-state index contributed by atoms with van der Waals surface area (Å²) in [5.41, 5.74) is 12.0. The summed E-state index contributed by atoms with van der Waals surface area (Å²) in [6.07, 6.45) is 1.81.